The Hall–Kier alpha value is -1.000. The highest BCUT2D eigenvalue weighted by atomic mass is 35.5. The van der Waals surface area contributed by atoms with E-state index >= 15 is 0 Å². The lowest BCUT2D eigenvalue weighted by Crippen LogP contribution is -2.07. The topological polar surface area (TPSA) is 29.9 Å². The lowest BCUT2D eigenvalue weighted by atomic mass is 10.4. The molecule has 3 nitrogen and oxygen atoms in total. The van der Waals surface area contributed by atoms with Gasteiger partial charge in [0.1, 0.15) is 5.82 Å². The lowest BCUT2D eigenvalue weighted by molar-refractivity contribution is 0.607. The maximum Gasteiger partial charge on any atom is 0.124 e. The van der Waals surface area contributed by atoms with Gasteiger partial charge in [0.2, 0.25) is 0 Å². The summed E-state index contributed by atoms with van der Waals surface area (Å²) in [6.45, 7) is 4.01. The van der Waals surface area contributed by atoms with Crippen molar-refractivity contribution in [1.82, 2.24) is 9.78 Å². The quantitative estimate of drug-likeness (QED) is 0.890. The molecule has 2 aromatic rings. The first kappa shape index (κ1) is 13.1. The van der Waals surface area contributed by atoms with E-state index in [0.29, 0.717) is 0 Å². The zero-order chi connectivity index (χ0) is 10.5. The number of anilines is 1. The summed E-state index contributed by atoms with van der Waals surface area (Å²) in [7, 11) is 0. The van der Waals surface area contributed by atoms with E-state index in [4.69, 9.17) is 0 Å². The molecular formula is C11H16ClN3S. The molecule has 2 heterocycles. The first-order valence-electron chi connectivity index (χ1n) is 5.18. The molecule has 0 spiro atoms. The van der Waals surface area contributed by atoms with Crippen LogP contribution in [0.25, 0.3) is 0 Å². The summed E-state index contributed by atoms with van der Waals surface area (Å²) in [5.74, 6) is 1.10. The number of hydrogen-bond acceptors (Lipinski definition) is 3. The number of aromatic nitrogens is 2. The molecule has 0 aromatic carbocycles. The molecule has 0 atom stereocenters. The predicted molar refractivity (Wildman–Crippen MR) is 71.4 cm³/mol. The maximum absolute atomic E-state index is 4.26. The van der Waals surface area contributed by atoms with Crippen LogP contribution in [0.15, 0.2) is 29.8 Å². The second kappa shape index (κ2) is 6.55. The van der Waals surface area contributed by atoms with Gasteiger partial charge in [0.05, 0.1) is 12.7 Å². The Morgan fingerprint density at radius 2 is 2.31 bits per heavy atom. The van der Waals surface area contributed by atoms with Crippen LogP contribution in [0.4, 0.5) is 5.82 Å². The summed E-state index contributed by atoms with van der Waals surface area (Å²) in [5.41, 5.74) is 0. The molecule has 2 aromatic heterocycles. The van der Waals surface area contributed by atoms with Crippen molar-refractivity contribution in [2.75, 3.05) is 5.32 Å². The molecule has 0 bridgehead atoms. The zero-order valence-electron chi connectivity index (χ0n) is 9.22. The summed E-state index contributed by atoms with van der Waals surface area (Å²) in [5, 5.41) is 9.75. The van der Waals surface area contributed by atoms with Crippen molar-refractivity contribution in [1.29, 1.82) is 0 Å². The van der Waals surface area contributed by atoms with Gasteiger partial charge in [-0.05, 0) is 17.9 Å². The van der Waals surface area contributed by atoms with Crippen LogP contribution in [0, 0.1) is 0 Å². The van der Waals surface area contributed by atoms with Crippen LogP contribution in [0.2, 0.25) is 0 Å². The zero-order valence-corrected chi connectivity index (χ0v) is 10.9. The largest absolute Gasteiger partial charge is 0.365 e. The highest BCUT2D eigenvalue weighted by Crippen LogP contribution is 2.12. The molecule has 0 saturated heterocycles. The third kappa shape index (κ3) is 3.25. The van der Waals surface area contributed by atoms with Gasteiger partial charge in [0, 0.05) is 17.5 Å². The van der Waals surface area contributed by atoms with Crippen LogP contribution >= 0.6 is 23.7 Å². The van der Waals surface area contributed by atoms with Crippen molar-refractivity contribution in [3.8, 4) is 0 Å². The lowest BCUT2D eigenvalue weighted by Gasteiger charge is -2.07. The fourth-order valence-electron chi connectivity index (χ4n) is 1.46. The number of aryl methyl sites for hydroxylation is 1. The molecular weight excluding hydrogens is 242 g/mol. The molecule has 16 heavy (non-hydrogen) atoms. The first-order chi connectivity index (χ1) is 7.40. The van der Waals surface area contributed by atoms with Crippen molar-refractivity contribution < 1.29 is 0 Å². The van der Waals surface area contributed by atoms with Gasteiger partial charge in [0.15, 0.2) is 0 Å². The molecule has 0 amide bonds. The molecule has 88 valence electrons. The van der Waals surface area contributed by atoms with Gasteiger partial charge in [-0.3, -0.25) is 0 Å². The Labute approximate surface area is 106 Å². The van der Waals surface area contributed by atoms with Crippen LogP contribution in [-0.2, 0) is 13.1 Å². The predicted octanol–water partition coefficient (Wildman–Crippen LogP) is 3.39. The van der Waals surface area contributed by atoms with E-state index in [-0.39, 0.29) is 12.4 Å². The Morgan fingerprint density at radius 1 is 1.44 bits per heavy atom. The summed E-state index contributed by atoms with van der Waals surface area (Å²) in [6, 6.07) is 6.23. The van der Waals surface area contributed by atoms with Gasteiger partial charge >= 0.3 is 0 Å². The van der Waals surface area contributed by atoms with Gasteiger partial charge in [-0.25, -0.2) is 4.68 Å². The van der Waals surface area contributed by atoms with Crippen LogP contribution in [-0.4, -0.2) is 9.78 Å². The highest BCUT2D eigenvalue weighted by Gasteiger charge is 2.00. The molecule has 0 fully saturated rings. The number of hydrogen-bond donors (Lipinski definition) is 1. The van der Waals surface area contributed by atoms with E-state index in [1.807, 2.05) is 16.9 Å². The second-order valence-electron chi connectivity index (χ2n) is 3.37. The van der Waals surface area contributed by atoms with Gasteiger partial charge in [-0.15, -0.1) is 23.7 Å². The molecule has 1 N–H and O–H groups in total. The number of thiophene rings is 1. The molecule has 0 radical (unpaired) electrons. The van der Waals surface area contributed by atoms with E-state index < -0.39 is 0 Å². The highest BCUT2D eigenvalue weighted by molar-refractivity contribution is 7.09. The monoisotopic (exact) mass is 257 g/mol. The molecule has 0 saturated carbocycles. The standard InChI is InChI=1S/C11H15N3S.ClH/c1-2-7-14-11(5-6-13-14)12-9-10-4-3-8-15-10;/h3-6,8,12H,2,7,9H2,1H3;1H. The average molecular weight is 258 g/mol. The molecule has 0 aliphatic rings. The Balaban J connectivity index is 0.00000128. The summed E-state index contributed by atoms with van der Waals surface area (Å²) in [4.78, 5) is 1.35. The van der Waals surface area contributed by atoms with E-state index in [9.17, 15) is 0 Å². The van der Waals surface area contributed by atoms with E-state index in [1.165, 1.54) is 4.88 Å². The first-order valence-corrected chi connectivity index (χ1v) is 6.06. The van der Waals surface area contributed by atoms with Crippen LogP contribution in [0.1, 0.15) is 18.2 Å². The minimum Gasteiger partial charge on any atom is -0.365 e. The molecule has 0 unspecified atom stereocenters. The second-order valence-corrected chi connectivity index (χ2v) is 4.40. The van der Waals surface area contributed by atoms with Crippen molar-refractivity contribution in [3.05, 3.63) is 34.7 Å². The molecule has 0 aliphatic carbocycles. The van der Waals surface area contributed by atoms with Gasteiger partial charge < -0.3 is 5.32 Å². The Kier molecular flexibility index (Phi) is 5.35. The Morgan fingerprint density at radius 3 is 3.00 bits per heavy atom. The van der Waals surface area contributed by atoms with Crippen molar-refractivity contribution in [3.63, 3.8) is 0 Å². The summed E-state index contributed by atoms with van der Waals surface area (Å²) < 4.78 is 2.01. The van der Waals surface area contributed by atoms with E-state index in [0.717, 1.165) is 25.3 Å². The SMILES string of the molecule is CCCn1nccc1NCc1cccs1.Cl. The molecule has 2 rings (SSSR count). The van der Waals surface area contributed by atoms with E-state index in [2.05, 4.69) is 34.9 Å². The van der Waals surface area contributed by atoms with Gasteiger partial charge in [0.25, 0.3) is 0 Å². The van der Waals surface area contributed by atoms with Crippen molar-refractivity contribution in [2.24, 2.45) is 0 Å². The minimum absolute atomic E-state index is 0. The molecule has 5 heteroatoms. The van der Waals surface area contributed by atoms with Crippen LogP contribution < -0.4 is 5.32 Å². The number of nitrogens with one attached hydrogen (secondary N) is 1. The number of nitrogens with zero attached hydrogens (tertiary/aromatic N) is 2. The Bertz CT molecular complexity index is 397. The van der Waals surface area contributed by atoms with E-state index in [1.54, 1.807) is 11.3 Å². The third-order valence-corrected chi connectivity index (χ3v) is 3.05. The number of halogens is 1. The maximum atomic E-state index is 4.26. The normalized spacial score (nSPS) is 9.81. The van der Waals surface area contributed by atoms with Gasteiger partial charge in [-0.2, -0.15) is 5.10 Å². The van der Waals surface area contributed by atoms with Crippen molar-refractivity contribution in [2.45, 2.75) is 26.4 Å². The fourth-order valence-corrected chi connectivity index (χ4v) is 2.11. The molecule has 0 aliphatic heterocycles. The average Bonchev–Trinajstić information content (AvgIpc) is 2.85. The fraction of sp³-hybridized carbons (Fsp3) is 0.364. The van der Waals surface area contributed by atoms with Crippen LogP contribution in [0.5, 0.6) is 0 Å². The third-order valence-electron chi connectivity index (χ3n) is 2.18. The summed E-state index contributed by atoms with van der Waals surface area (Å²) >= 11 is 1.77. The number of rotatable bonds is 5. The van der Waals surface area contributed by atoms with Crippen molar-refractivity contribution >= 4 is 29.6 Å². The summed E-state index contributed by atoms with van der Waals surface area (Å²) in [6.07, 6.45) is 2.95. The smallest absolute Gasteiger partial charge is 0.124 e. The minimum atomic E-state index is 0. The van der Waals surface area contributed by atoms with Crippen LogP contribution in [0.3, 0.4) is 0 Å². The van der Waals surface area contributed by atoms with Gasteiger partial charge in [-0.1, -0.05) is 13.0 Å².